The smallest absolute Gasteiger partial charge is 0.220 e. The number of carbonyl (C=O) groups excluding carboxylic acids is 1. The predicted molar refractivity (Wildman–Crippen MR) is 87.0 cm³/mol. The molecule has 1 aromatic heterocycles. The van der Waals surface area contributed by atoms with Crippen molar-refractivity contribution in [2.24, 2.45) is 0 Å². The maximum atomic E-state index is 11.8. The van der Waals surface area contributed by atoms with Crippen LogP contribution in [0.15, 0.2) is 42.7 Å². The molecule has 0 spiro atoms. The third-order valence-electron chi connectivity index (χ3n) is 3.15. The third kappa shape index (κ3) is 5.30. The van der Waals surface area contributed by atoms with Crippen LogP contribution < -0.4 is 5.32 Å². The summed E-state index contributed by atoms with van der Waals surface area (Å²) in [5.74, 6) is -0.121. The van der Waals surface area contributed by atoms with E-state index in [0.29, 0.717) is 28.5 Å². The largest absolute Gasteiger partial charge is 0.387 e. The monoisotopic (exact) mass is 338 g/mol. The van der Waals surface area contributed by atoms with E-state index in [1.165, 1.54) is 0 Å². The molecule has 2 aromatic rings. The molecule has 1 unspecified atom stereocenters. The minimum absolute atomic E-state index is 0.117. The van der Waals surface area contributed by atoms with Crippen molar-refractivity contribution in [3.63, 3.8) is 0 Å². The van der Waals surface area contributed by atoms with Crippen LogP contribution in [0.1, 0.15) is 23.7 Å². The van der Waals surface area contributed by atoms with Gasteiger partial charge in [-0.15, -0.1) is 0 Å². The number of pyridine rings is 1. The lowest BCUT2D eigenvalue weighted by Crippen LogP contribution is -2.28. The van der Waals surface area contributed by atoms with Crippen LogP contribution in [0.5, 0.6) is 0 Å². The number of hydrogen-bond donors (Lipinski definition) is 2. The van der Waals surface area contributed by atoms with Gasteiger partial charge in [0.2, 0.25) is 5.91 Å². The number of nitrogens with zero attached hydrogens (tertiary/aromatic N) is 1. The summed E-state index contributed by atoms with van der Waals surface area (Å²) in [6.45, 7) is 0.117. The van der Waals surface area contributed by atoms with Crippen LogP contribution in [-0.2, 0) is 11.2 Å². The van der Waals surface area contributed by atoms with Crippen LogP contribution in [0.3, 0.4) is 0 Å². The van der Waals surface area contributed by atoms with Crippen LogP contribution >= 0.6 is 23.2 Å². The number of aromatic nitrogens is 1. The van der Waals surface area contributed by atoms with Gasteiger partial charge >= 0.3 is 0 Å². The molecule has 0 radical (unpaired) electrons. The van der Waals surface area contributed by atoms with E-state index in [0.717, 1.165) is 5.56 Å². The third-order valence-corrected chi connectivity index (χ3v) is 3.59. The molecule has 0 aliphatic carbocycles. The number of halogens is 2. The fraction of sp³-hybridized carbons (Fsp3) is 0.250. The molecule has 1 heterocycles. The second-order valence-electron chi connectivity index (χ2n) is 4.88. The van der Waals surface area contributed by atoms with Crippen LogP contribution in [0.2, 0.25) is 10.0 Å². The van der Waals surface area contributed by atoms with Crippen molar-refractivity contribution in [1.29, 1.82) is 0 Å². The molecule has 1 atom stereocenters. The second kappa shape index (κ2) is 8.13. The first-order valence-corrected chi connectivity index (χ1v) is 7.60. The van der Waals surface area contributed by atoms with Crippen molar-refractivity contribution in [2.75, 3.05) is 6.54 Å². The van der Waals surface area contributed by atoms with Crippen LogP contribution in [0.25, 0.3) is 0 Å². The lowest BCUT2D eigenvalue weighted by Gasteiger charge is -2.13. The lowest BCUT2D eigenvalue weighted by atomic mass is 10.1. The SMILES string of the molecule is O=C(CCc1ccncc1)NCC(O)c1cc(Cl)cc(Cl)c1. The average molecular weight is 339 g/mol. The first-order chi connectivity index (χ1) is 10.5. The van der Waals surface area contributed by atoms with Gasteiger partial charge < -0.3 is 10.4 Å². The van der Waals surface area contributed by atoms with Crippen molar-refractivity contribution in [3.05, 3.63) is 63.9 Å². The number of amides is 1. The fourth-order valence-electron chi connectivity index (χ4n) is 1.99. The zero-order chi connectivity index (χ0) is 15.9. The summed E-state index contributed by atoms with van der Waals surface area (Å²) in [4.78, 5) is 15.7. The molecular weight excluding hydrogens is 323 g/mol. The number of aryl methyl sites for hydroxylation is 1. The Morgan fingerprint density at radius 3 is 2.45 bits per heavy atom. The van der Waals surface area contributed by atoms with Gasteiger partial charge in [-0.1, -0.05) is 23.2 Å². The van der Waals surface area contributed by atoms with Crippen LogP contribution in [0.4, 0.5) is 0 Å². The number of aliphatic hydroxyl groups is 1. The van der Waals surface area contributed by atoms with E-state index < -0.39 is 6.10 Å². The number of aliphatic hydroxyl groups excluding tert-OH is 1. The zero-order valence-electron chi connectivity index (χ0n) is 11.8. The fourth-order valence-corrected chi connectivity index (χ4v) is 2.53. The summed E-state index contributed by atoms with van der Waals surface area (Å²) >= 11 is 11.8. The van der Waals surface area contributed by atoms with E-state index in [-0.39, 0.29) is 12.5 Å². The molecule has 0 bridgehead atoms. The number of rotatable bonds is 6. The molecule has 1 aromatic carbocycles. The van der Waals surface area contributed by atoms with Crippen molar-refractivity contribution >= 4 is 29.1 Å². The van der Waals surface area contributed by atoms with E-state index in [4.69, 9.17) is 23.2 Å². The van der Waals surface area contributed by atoms with Gasteiger partial charge in [-0.25, -0.2) is 0 Å². The minimum atomic E-state index is -0.846. The van der Waals surface area contributed by atoms with Crippen LogP contribution in [-0.4, -0.2) is 22.5 Å². The Kier molecular flexibility index (Phi) is 6.19. The Labute approximate surface area is 139 Å². The molecule has 4 nitrogen and oxygen atoms in total. The molecule has 0 fully saturated rings. The molecule has 0 saturated heterocycles. The molecule has 0 saturated carbocycles. The molecule has 2 N–H and O–H groups in total. The Bertz CT molecular complexity index is 615. The normalized spacial score (nSPS) is 12.0. The van der Waals surface area contributed by atoms with E-state index in [1.807, 2.05) is 12.1 Å². The zero-order valence-corrected chi connectivity index (χ0v) is 13.3. The molecule has 22 heavy (non-hydrogen) atoms. The summed E-state index contributed by atoms with van der Waals surface area (Å²) in [6, 6.07) is 8.58. The van der Waals surface area contributed by atoms with Crippen molar-refractivity contribution in [2.45, 2.75) is 18.9 Å². The first kappa shape index (κ1) is 16.7. The molecule has 2 rings (SSSR count). The second-order valence-corrected chi connectivity index (χ2v) is 5.75. The molecule has 6 heteroatoms. The topological polar surface area (TPSA) is 62.2 Å². The number of nitrogens with one attached hydrogen (secondary N) is 1. The lowest BCUT2D eigenvalue weighted by molar-refractivity contribution is -0.121. The van der Waals surface area contributed by atoms with Gasteiger partial charge in [0.1, 0.15) is 0 Å². The van der Waals surface area contributed by atoms with E-state index in [9.17, 15) is 9.90 Å². The highest BCUT2D eigenvalue weighted by Gasteiger charge is 2.11. The maximum Gasteiger partial charge on any atom is 0.220 e. The van der Waals surface area contributed by atoms with E-state index >= 15 is 0 Å². The molecular formula is C16H16Cl2N2O2. The molecule has 116 valence electrons. The molecule has 0 aliphatic rings. The van der Waals surface area contributed by atoms with Gasteiger partial charge in [-0.05, 0) is 47.9 Å². The van der Waals surface area contributed by atoms with E-state index in [2.05, 4.69) is 10.3 Å². The summed E-state index contributed by atoms with van der Waals surface area (Å²) < 4.78 is 0. The Morgan fingerprint density at radius 2 is 1.82 bits per heavy atom. The van der Waals surface area contributed by atoms with Gasteiger partial charge in [0.05, 0.1) is 6.10 Å². The Hall–Kier alpha value is -1.62. The number of hydrogen-bond acceptors (Lipinski definition) is 3. The highest BCUT2D eigenvalue weighted by molar-refractivity contribution is 6.34. The Morgan fingerprint density at radius 1 is 1.18 bits per heavy atom. The first-order valence-electron chi connectivity index (χ1n) is 6.84. The highest BCUT2D eigenvalue weighted by Crippen LogP contribution is 2.23. The molecule has 0 aliphatic heterocycles. The van der Waals surface area contributed by atoms with Crippen LogP contribution in [0, 0.1) is 0 Å². The standard InChI is InChI=1S/C16H16Cl2N2O2/c17-13-7-12(8-14(18)9-13)15(21)10-20-16(22)2-1-11-3-5-19-6-4-11/h3-9,15,21H,1-2,10H2,(H,20,22). The Balaban J connectivity index is 1.80. The van der Waals surface area contributed by atoms with Crippen molar-refractivity contribution in [3.8, 4) is 0 Å². The number of benzene rings is 1. The summed E-state index contributed by atoms with van der Waals surface area (Å²) in [6.07, 6.45) is 3.53. The van der Waals surface area contributed by atoms with Gasteiger partial charge in [0.25, 0.3) is 0 Å². The predicted octanol–water partition coefficient (Wildman–Crippen LogP) is 3.17. The minimum Gasteiger partial charge on any atom is -0.387 e. The molecule has 1 amide bonds. The summed E-state index contributed by atoms with van der Waals surface area (Å²) in [5, 5.41) is 13.7. The quantitative estimate of drug-likeness (QED) is 0.850. The summed E-state index contributed by atoms with van der Waals surface area (Å²) in [5.41, 5.74) is 1.62. The van der Waals surface area contributed by atoms with Crippen molar-refractivity contribution in [1.82, 2.24) is 10.3 Å². The van der Waals surface area contributed by atoms with Gasteiger partial charge in [0.15, 0.2) is 0 Å². The van der Waals surface area contributed by atoms with Gasteiger partial charge in [-0.3, -0.25) is 9.78 Å². The maximum absolute atomic E-state index is 11.8. The van der Waals surface area contributed by atoms with Crippen molar-refractivity contribution < 1.29 is 9.90 Å². The highest BCUT2D eigenvalue weighted by atomic mass is 35.5. The summed E-state index contributed by atoms with van der Waals surface area (Å²) in [7, 11) is 0. The average Bonchev–Trinajstić information content (AvgIpc) is 2.50. The van der Waals surface area contributed by atoms with Gasteiger partial charge in [-0.2, -0.15) is 0 Å². The van der Waals surface area contributed by atoms with E-state index in [1.54, 1.807) is 30.6 Å². The number of carbonyl (C=O) groups is 1. The van der Waals surface area contributed by atoms with Gasteiger partial charge in [0, 0.05) is 35.4 Å².